The summed E-state index contributed by atoms with van der Waals surface area (Å²) in [5, 5.41) is 2.95. The second-order valence-electron chi connectivity index (χ2n) is 6.15. The van der Waals surface area contributed by atoms with Gasteiger partial charge in [-0.1, -0.05) is 18.2 Å². The van der Waals surface area contributed by atoms with Gasteiger partial charge < -0.3 is 14.8 Å². The molecule has 0 radical (unpaired) electrons. The molecule has 25 heavy (non-hydrogen) atoms. The number of para-hydroxylation sites is 1. The van der Waals surface area contributed by atoms with Gasteiger partial charge in [-0.3, -0.25) is 9.59 Å². The van der Waals surface area contributed by atoms with E-state index in [2.05, 4.69) is 37.2 Å². The molecule has 5 nitrogen and oxygen atoms in total. The number of amides is 2. The summed E-state index contributed by atoms with van der Waals surface area (Å²) in [6, 6.07) is 11.3. The lowest BCUT2D eigenvalue weighted by molar-refractivity contribution is -0.121. The number of carbonyl (C=O) groups is 2. The predicted molar refractivity (Wildman–Crippen MR) is 105 cm³/mol. The minimum Gasteiger partial charge on any atom is -0.337 e. The summed E-state index contributed by atoms with van der Waals surface area (Å²) >= 11 is 6.87. The third kappa shape index (κ3) is 3.98. The van der Waals surface area contributed by atoms with Gasteiger partial charge in [-0.2, -0.15) is 0 Å². The van der Waals surface area contributed by atoms with E-state index >= 15 is 0 Å². The summed E-state index contributed by atoms with van der Waals surface area (Å²) in [4.78, 5) is 26.9. The summed E-state index contributed by atoms with van der Waals surface area (Å²) < 4.78 is 3.52. The molecule has 1 saturated heterocycles. The fourth-order valence-corrected chi connectivity index (χ4v) is 3.81. The average molecular weight is 469 g/mol. The molecule has 3 rings (SSSR count). The molecular weight excluding hydrogens is 450 g/mol. The van der Waals surface area contributed by atoms with Gasteiger partial charge in [0.05, 0.1) is 9.08 Å². The van der Waals surface area contributed by atoms with E-state index in [1.807, 2.05) is 52.9 Å². The van der Waals surface area contributed by atoms with Crippen LogP contribution in [0.1, 0.15) is 23.3 Å². The molecule has 0 saturated carbocycles. The van der Waals surface area contributed by atoms with Crippen molar-refractivity contribution in [3.63, 3.8) is 0 Å². The van der Waals surface area contributed by atoms with Crippen molar-refractivity contribution in [1.82, 2.24) is 9.47 Å². The Kier molecular flexibility index (Phi) is 5.64. The maximum atomic E-state index is 12.7. The predicted octanol–water partition coefficient (Wildman–Crippen LogP) is 4.04. The van der Waals surface area contributed by atoms with Gasteiger partial charge in [-0.05, 0) is 62.9 Å². The van der Waals surface area contributed by atoms with Gasteiger partial charge >= 0.3 is 0 Å². The fraction of sp³-hybridized carbons (Fsp3) is 0.333. The fourth-order valence-electron chi connectivity index (χ4n) is 3.02. The molecule has 0 aliphatic carbocycles. The maximum Gasteiger partial charge on any atom is 0.270 e. The molecule has 1 fully saturated rings. The third-order valence-corrected chi connectivity index (χ3v) is 6.63. The average Bonchev–Trinajstić information content (AvgIpc) is 2.89. The molecule has 0 unspecified atom stereocenters. The number of rotatable bonds is 3. The van der Waals surface area contributed by atoms with Crippen LogP contribution < -0.4 is 5.32 Å². The summed E-state index contributed by atoms with van der Waals surface area (Å²) in [5.41, 5.74) is 1.44. The highest BCUT2D eigenvalue weighted by Gasteiger charge is 2.29. The van der Waals surface area contributed by atoms with Crippen molar-refractivity contribution in [3.05, 3.63) is 51.2 Å². The van der Waals surface area contributed by atoms with E-state index < -0.39 is 0 Å². The van der Waals surface area contributed by atoms with Crippen molar-refractivity contribution >= 4 is 49.4 Å². The first kappa shape index (κ1) is 18.2. The van der Waals surface area contributed by atoms with Crippen molar-refractivity contribution in [2.45, 2.75) is 12.8 Å². The number of likely N-dealkylation sites (tertiary alicyclic amines) is 1. The molecule has 1 aliphatic heterocycles. The van der Waals surface area contributed by atoms with Gasteiger partial charge in [0.2, 0.25) is 5.91 Å². The Hall–Kier alpha value is -1.60. The molecule has 1 N–H and O–H groups in total. The monoisotopic (exact) mass is 467 g/mol. The van der Waals surface area contributed by atoms with E-state index in [1.165, 1.54) is 0 Å². The van der Waals surface area contributed by atoms with Crippen molar-refractivity contribution < 1.29 is 9.59 Å². The van der Waals surface area contributed by atoms with Crippen molar-refractivity contribution in [1.29, 1.82) is 0 Å². The smallest absolute Gasteiger partial charge is 0.270 e. The molecule has 2 aromatic rings. The first-order valence-electron chi connectivity index (χ1n) is 8.13. The van der Waals surface area contributed by atoms with Crippen LogP contribution in [-0.2, 0) is 11.8 Å². The highest BCUT2D eigenvalue weighted by Crippen LogP contribution is 2.28. The largest absolute Gasteiger partial charge is 0.337 e. The Morgan fingerprint density at radius 1 is 1.12 bits per heavy atom. The molecule has 7 heteroatoms. The van der Waals surface area contributed by atoms with Crippen LogP contribution in [0.15, 0.2) is 45.5 Å². The third-order valence-electron chi connectivity index (χ3n) is 4.53. The van der Waals surface area contributed by atoms with Gasteiger partial charge in [0.15, 0.2) is 0 Å². The summed E-state index contributed by atoms with van der Waals surface area (Å²) in [5.74, 6) is -0.0328. The van der Waals surface area contributed by atoms with Crippen LogP contribution in [0.25, 0.3) is 0 Å². The van der Waals surface area contributed by atoms with E-state index in [9.17, 15) is 9.59 Å². The highest BCUT2D eigenvalue weighted by atomic mass is 79.9. The zero-order valence-electron chi connectivity index (χ0n) is 13.8. The maximum absolute atomic E-state index is 12.7. The van der Waals surface area contributed by atoms with Crippen LogP contribution in [0.3, 0.4) is 0 Å². The number of hydrogen-bond acceptors (Lipinski definition) is 2. The van der Waals surface area contributed by atoms with Crippen LogP contribution in [-0.4, -0.2) is 34.4 Å². The lowest BCUT2D eigenvalue weighted by Gasteiger charge is -2.31. The van der Waals surface area contributed by atoms with Crippen molar-refractivity contribution in [2.24, 2.45) is 13.0 Å². The minimum absolute atomic E-state index is 0.00387. The van der Waals surface area contributed by atoms with E-state index in [4.69, 9.17) is 0 Å². The number of halogens is 2. The van der Waals surface area contributed by atoms with Gasteiger partial charge in [0.1, 0.15) is 5.69 Å². The molecular formula is C18H19Br2N3O2. The number of piperidine rings is 1. The molecule has 1 aromatic carbocycles. The molecule has 1 aliphatic rings. The Balaban J connectivity index is 1.59. The van der Waals surface area contributed by atoms with Crippen LogP contribution in [0.5, 0.6) is 0 Å². The normalized spacial score (nSPS) is 15.2. The first-order chi connectivity index (χ1) is 12.0. The summed E-state index contributed by atoms with van der Waals surface area (Å²) in [7, 11) is 1.85. The second kappa shape index (κ2) is 7.74. The Bertz CT molecular complexity index is 781. The van der Waals surface area contributed by atoms with E-state index in [1.54, 1.807) is 0 Å². The van der Waals surface area contributed by atoms with Gasteiger partial charge in [-0.15, -0.1) is 0 Å². The number of benzene rings is 1. The van der Waals surface area contributed by atoms with Gasteiger partial charge in [0, 0.05) is 31.7 Å². The molecule has 0 spiro atoms. The molecule has 132 valence electrons. The summed E-state index contributed by atoms with van der Waals surface area (Å²) in [6.07, 6.45) is 1.36. The molecule has 1 aromatic heterocycles. The molecule has 0 atom stereocenters. The van der Waals surface area contributed by atoms with Crippen molar-refractivity contribution in [2.75, 3.05) is 18.4 Å². The summed E-state index contributed by atoms with van der Waals surface area (Å²) in [6.45, 7) is 1.18. The molecule has 2 amide bonds. The Labute approximate surface area is 163 Å². The highest BCUT2D eigenvalue weighted by molar-refractivity contribution is 9.13. The Morgan fingerprint density at radius 3 is 2.32 bits per heavy atom. The standard InChI is InChI=1S/C18H19Br2N3O2/c1-22-15(11-14(19)16(22)20)18(25)23-9-7-12(8-10-23)17(24)21-13-5-3-2-4-6-13/h2-6,11-12H,7-10H2,1H3,(H,21,24). The topological polar surface area (TPSA) is 54.3 Å². The SMILES string of the molecule is Cn1c(C(=O)N2CCC(C(=O)Nc3ccccc3)CC2)cc(Br)c1Br. The van der Waals surface area contributed by atoms with E-state index in [0.717, 1.165) is 14.8 Å². The van der Waals surface area contributed by atoms with E-state index in [-0.39, 0.29) is 17.7 Å². The van der Waals surface area contributed by atoms with Gasteiger partial charge in [0.25, 0.3) is 5.91 Å². The van der Waals surface area contributed by atoms with Crippen LogP contribution in [0.4, 0.5) is 5.69 Å². The molecule has 0 bridgehead atoms. The number of carbonyl (C=O) groups excluding carboxylic acids is 2. The number of nitrogens with one attached hydrogen (secondary N) is 1. The zero-order valence-corrected chi connectivity index (χ0v) is 17.0. The van der Waals surface area contributed by atoms with E-state index in [0.29, 0.717) is 31.6 Å². The quantitative estimate of drug-likeness (QED) is 0.738. The number of nitrogens with zero attached hydrogens (tertiary/aromatic N) is 2. The minimum atomic E-state index is -0.0591. The lowest BCUT2D eigenvalue weighted by Crippen LogP contribution is -2.42. The van der Waals surface area contributed by atoms with Crippen molar-refractivity contribution in [3.8, 4) is 0 Å². The lowest BCUT2D eigenvalue weighted by atomic mass is 9.95. The number of hydrogen-bond donors (Lipinski definition) is 1. The molecule has 2 heterocycles. The van der Waals surface area contributed by atoms with Crippen LogP contribution >= 0.6 is 31.9 Å². The second-order valence-corrected chi connectivity index (χ2v) is 7.75. The zero-order chi connectivity index (χ0) is 18.0. The number of aromatic nitrogens is 1. The van der Waals surface area contributed by atoms with Crippen LogP contribution in [0, 0.1) is 5.92 Å². The Morgan fingerprint density at radius 2 is 1.76 bits per heavy atom. The van der Waals surface area contributed by atoms with Gasteiger partial charge in [-0.25, -0.2) is 0 Å². The number of anilines is 1. The first-order valence-corrected chi connectivity index (χ1v) is 9.72. The van der Waals surface area contributed by atoms with Crippen LogP contribution in [0.2, 0.25) is 0 Å².